The molecular weight excluding hydrogens is 248 g/mol. The van der Waals surface area contributed by atoms with Crippen molar-refractivity contribution in [3.8, 4) is 0 Å². The Morgan fingerprint density at radius 3 is 2.61 bits per heavy atom. The highest BCUT2D eigenvalue weighted by molar-refractivity contribution is 7.89. The molecule has 2 N–H and O–H groups in total. The van der Waals surface area contributed by atoms with E-state index in [9.17, 15) is 8.42 Å². The first kappa shape index (κ1) is 13.4. The molecule has 1 fully saturated rings. The van der Waals surface area contributed by atoms with Crippen molar-refractivity contribution in [2.75, 3.05) is 5.73 Å². The molecule has 4 nitrogen and oxygen atoms in total. The minimum Gasteiger partial charge on any atom is -0.398 e. The number of hydrogen-bond donors (Lipinski definition) is 1. The minimum atomic E-state index is -3.47. The number of anilines is 1. The number of rotatable bonds is 3. The first-order valence-electron chi connectivity index (χ1n) is 6.36. The number of nitrogens with zero attached hydrogens (tertiary/aromatic N) is 1. The molecule has 18 heavy (non-hydrogen) atoms. The van der Waals surface area contributed by atoms with Crippen LogP contribution in [0.2, 0.25) is 0 Å². The lowest BCUT2D eigenvalue weighted by atomic mass is 10.2. The van der Waals surface area contributed by atoms with Crippen LogP contribution in [0.4, 0.5) is 5.69 Å². The first-order valence-corrected chi connectivity index (χ1v) is 7.80. The third-order valence-corrected chi connectivity index (χ3v) is 5.80. The summed E-state index contributed by atoms with van der Waals surface area (Å²) >= 11 is 0. The van der Waals surface area contributed by atoms with Crippen molar-refractivity contribution in [3.05, 3.63) is 24.3 Å². The Morgan fingerprint density at radius 1 is 1.33 bits per heavy atom. The van der Waals surface area contributed by atoms with E-state index in [4.69, 9.17) is 5.73 Å². The van der Waals surface area contributed by atoms with Gasteiger partial charge in [-0.15, -0.1) is 0 Å². The molecule has 100 valence electrons. The van der Waals surface area contributed by atoms with E-state index < -0.39 is 10.0 Å². The molecule has 0 aliphatic carbocycles. The van der Waals surface area contributed by atoms with E-state index in [0.717, 1.165) is 19.3 Å². The largest absolute Gasteiger partial charge is 0.398 e. The van der Waals surface area contributed by atoms with Gasteiger partial charge in [-0.1, -0.05) is 19.1 Å². The summed E-state index contributed by atoms with van der Waals surface area (Å²) in [5.41, 5.74) is 6.13. The van der Waals surface area contributed by atoms with Crippen LogP contribution < -0.4 is 5.73 Å². The van der Waals surface area contributed by atoms with Crippen molar-refractivity contribution in [2.45, 2.75) is 50.1 Å². The molecule has 1 aromatic rings. The number of sulfonamides is 1. The quantitative estimate of drug-likeness (QED) is 0.855. The van der Waals surface area contributed by atoms with Gasteiger partial charge in [-0.2, -0.15) is 4.31 Å². The SMILES string of the molecule is CCC1CCC(C)N1S(=O)(=O)c1ccccc1N. The Kier molecular flexibility index (Phi) is 3.64. The lowest BCUT2D eigenvalue weighted by Gasteiger charge is -2.27. The molecule has 5 heteroatoms. The Balaban J connectivity index is 2.46. The molecule has 2 unspecified atom stereocenters. The molecule has 0 spiro atoms. The van der Waals surface area contributed by atoms with Gasteiger partial charge in [-0.3, -0.25) is 0 Å². The average molecular weight is 268 g/mol. The number of nitrogen functional groups attached to an aromatic ring is 1. The van der Waals surface area contributed by atoms with Gasteiger partial charge in [0, 0.05) is 12.1 Å². The van der Waals surface area contributed by atoms with E-state index in [-0.39, 0.29) is 17.0 Å². The van der Waals surface area contributed by atoms with Crippen LogP contribution in [0, 0.1) is 0 Å². The highest BCUT2D eigenvalue weighted by atomic mass is 32.2. The van der Waals surface area contributed by atoms with Crippen LogP contribution in [0.15, 0.2) is 29.2 Å². The van der Waals surface area contributed by atoms with Gasteiger partial charge in [0.1, 0.15) is 4.90 Å². The van der Waals surface area contributed by atoms with Gasteiger partial charge in [-0.25, -0.2) is 8.42 Å². The third-order valence-electron chi connectivity index (χ3n) is 3.66. The summed E-state index contributed by atoms with van der Waals surface area (Å²) in [7, 11) is -3.47. The Hall–Kier alpha value is -1.07. The summed E-state index contributed by atoms with van der Waals surface area (Å²) in [6.45, 7) is 3.99. The van der Waals surface area contributed by atoms with E-state index in [2.05, 4.69) is 0 Å². The van der Waals surface area contributed by atoms with Crippen molar-refractivity contribution in [1.29, 1.82) is 0 Å². The van der Waals surface area contributed by atoms with Gasteiger partial charge in [0.25, 0.3) is 0 Å². The molecule has 2 atom stereocenters. The zero-order valence-corrected chi connectivity index (χ0v) is 11.7. The van der Waals surface area contributed by atoms with Gasteiger partial charge in [0.15, 0.2) is 0 Å². The monoisotopic (exact) mass is 268 g/mol. The average Bonchev–Trinajstić information content (AvgIpc) is 2.71. The van der Waals surface area contributed by atoms with Gasteiger partial charge in [0.05, 0.1) is 5.69 Å². The second-order valence-electron chi connectivity index (χ2n) is 4.86. The fourth-order valence-electron chi connectivity index (χ4n) is 2.69. The molecule has 0 bridgehead atoms. The van der Waals surface area contributed by atoms with Crippen molar-refractivity contribution >= 4 is 15.7 Å². The number of hydrogen-bond acceptors (Lipinski definition) is 3. The maximum Gasteiger partial charge on any atom is 0.245 e. The molecule has 1 aliphatic heterocycles. The van der Waals surface area contributed by atoms with E-state index in [1.807, 2.05) is 13.8 Å². The molecule has 1 heterocycles. The summed E-state index contributed by atoms with van der Waals surface area (Å²) in [6.07, 6.45) is 2.70. The molecule has 1 aliphatic rings. The smallest absolute Gasteiger partial charge is 0.245 e. The second-order valence-corrected chi connectivity index (χ2v) is 6.67. The van der Waals surface area contributed by atoms with Gasteiger partial charge >= 0.3 is 0 Å². The van der Waals surface area contributed by atoms with Crippen molar-refractivity contribution < 1.29 is 8.42 Å². The molecule has 0 aromatic heterocycles. The van der Waals surface area contributed by atoms with E-state index in [1.165, 1.54) is 0 Å². The molecule has 0 radical (unpaired) electrons. The van der Waals surface area contributed by atoms with E-state index in [0.29, 0.717) is 5.69 Å². The van der Waals surface area contributed by atoms with Crippen LogP contribution >= 0.6 is 0 Å². The molecule has 1 aromatic carbocycles. The standard InChI is InChI=1S/C13H20N2O2S/c1-3-11-9-8-10(2)15(11)18(16,17)13-7-5-4-6-12(13)14/h4-7,10-11H,3,8-9,14H2,1-2H3. The Morgan fingerprint density at radius 2 is 2.00 bits per heavy atom. The van der Waals surface area contributed by atoms with Crippen molar-refractivity contribution in [3.63, 3.8) is 0 Å². The lowest BCUT2D eigenvalue weighted by molar-refractivity contribution is 0.329. The summed E-state index contributed by atoms with van der Waals surface area (Å²) in [6, 6.07) is 6.84. The van der Waals surface area contributed by atoms with Crippen LogP contribution in [-0.4, -0.2) is 24.8 Å². The Labute approximate surface area is 109 Å². The van der Waals surface area contributed by atoms with Gasteiger partial charge < -0.3 is 5.73 Å². The van der Waals surface area contributed by atoms with Crippen molar-refractivity contribution in [1.82, 2.24) is 4.31 Å². The van der Waals surface area contributed by atoms with Crippen LogP contribution in [0.25, 0.3) is 0 Å². The van der Waals surface area contributed by atoms with Crippen LogP contribution in [0.5, 0.6) is 0 Å². The summed E-state index contributed by atoms with van der Waals surface area (Å²) < 4.78 is 27.0. The molecule has 0 amide bonds. The molecule has 0 saturated carbocycles. The molecule has 2 rings (SSSR count). The van der Waals surface area contributed by atoms with Gasteiger partial charge in [-0.05, 0) is 38.3 Å². The van der Waals surface area contributed by atoms with Gasteiger partial charge in [0.2, 0.25) is 10.0 Å². The molecular formula is C13H20N2O2S. The predicted molar refractivity (Wildman–Crippen MR) is 72.7 cm³/mol. The fourth-order valence-corrected chi connectivity index (χ4v) is 4.76. The number of nitrogens with two attached hydrogens (primary N) is 1. The summed E-state index contributed by atoms with van der Waals surface area (Å²) in [5.74, 6) is 0. The highest BCUT2D eigenvalue weighted by Gasteiger charge is 2.39. The summed E-state index contributed by atoms with van der Waals surface area (Å²) in [4.78, 5) is 0.234. The predicted octanol–water partition coefficient (Wildman–Crippen LogP) is 2.22. The lowest BCUT2D eigenvalue weighted by Crippen LogP contribution is -2.39. The minimum absolute atomic E-state index is 0.0551. The second kappa shape index (κ2) is 4.90. The number of benzene rings is 1. The topological polar surface area (TPSA) is 63.4 Å². The normalized spacial score (nSPS) is 25.4. The van der Waals surface area contributed by atoms with Crippen LogP contribution in [0.3, 0.4) is 0 Å². The summed E-state index contributed by atoms with van der Waals surface area (Å²) in [5, 5.41) is 0. The van der Waals surface area contributed by atoms with Crippen LogP contribution in [-0.2, 0) is 10.0 Å². The van der Waals surface area contributed by atoms with E-state index in [1.54, 1.807) is 28.6 Å². The fraction of sp³-hybridized carbons (Fsp3) is 0.538. The van der Waals surface area contributed by atoms with Crippen molar-refractivity contribution in [2.24, 2.45) is 0 Å². The Bertz CT molecular complexity index is 528. The number of para-hydroxylation sites is 1. The third kappa shape index (κ3) is 2.12. The van der Waals surface area contributed by atoms with Crippen LogP contribution in [0.1, 0.15) is 33.1 Å². The van der Waals surface area contributed by atoms with E-state index >= 15 is 0 Å². The first-order chi connectivity index (χ1) is 8.48. The maximum absolute atomic E-state index is 12.7. The molecule has 1 saturated heterocycles. The highest BCUT2D eigenvalue weighted by Crippen LogP contribution is 2.33. The zero-order chi connectivity index (χ0) is 13.3. The maximum atomic E-state index is 12.7. The zero-order valence-electron chi connectivity index (χ0n) is 10.8.